The van der Waals surface area contributed by atoms with Gasteiger partial charge in [0.05, 0.1) is 18.8 Å². The molecular formula is C21H25NO4S. The van der Waals surface area contributed by atoms with E-state index < -0.39 is 5.97 Å². The van der Waals surface area contributed by atoms with Crippen LogP contribution in [0.2, 0.25) is 0 Å². The summed E-state index contributed by atoms with van der Waals surface area (Å²) in [5.41, 5.74) is 1.22. The summed E-state index contributed by atoms with van der Waals surface area (Å²) in [7, 11) is 0. The number of benzene rings is 1. The number of hydrogen-bond acceptors (Lipinski definition) is 5. The highest BCUT2D eigenvalue weighted by molar-refractivity contribution is 7.16. The normalized spacial score (nSPS) is 10.8. The Bertz CT molecular complexity index is 810. The van der Waals surface area contributed by atoms with E-state index in [9.17, 15) is 9.59 Å². The van der Waals surface area contributed by atoms with Crippen molar-refractivity contribution in [1.82, 2.24) is 0 Å². The summed E-state index contributed by atoms with van der Waals surface area (Å²) in [5, 5.41) is 3.30. The summed E-state index contributed by atoms with van der Waals surface area (Å²) >= 11 is 1.39. The minimum absolute atomic E-state index is 0.290. The van der Waals surface area contributed by atoms with Crippen LogP contribution in [0.5, 0.6) is 5.75 Å². The van der Waals surface area contributed by atoms with Crippen molar-refractivity contribution in [3.8, 4) is 5.75 Å². The quantitative estimate of drug-likeness (QED) is 0.489. The Morgan fingerprint density at radius 2 is 1.96 bits per heavy atom. The number of esters is 1. The van der Waals surface area contributed by atoms with E-state index in [1.54, 1.807) is 19.1 Å². The second kappa shape index (κ2) is 10.5. The van der Waals surface area contributed by atoms with Crippen LogP contribution in [0, 0.1) is 0 Å². The van der Waals surface area contributed by atoms with Crippen molar-refractivity contribution in [3.05, 3.63) is 52.4 Å². The van der Waals surface area contributed by atoms with Crippen molar-refractivity contribution in [1.29, 1.82) is 0 Å². The standard InChI is InChI=1S/C21H25NO4S/c1-4-13-26-18-10-8-7-9-15(18)11-12-19(23)22-20-17(21(24)25-6-3)14-16(5-2)27-20/h7-12,14H,4-6,13H2,1-3H3,(H,22,23). The van der Waals surface area contributed by atoms with Gasteiger partial charge in [0, 0.05) is 16.5 Å². The number of rotatable bonds is 9. The molecule has 1 aromatic heterocycles. The van der Waals surface area contributed by atoms with E-state index in [2.05, 4.69) is 5.32 Å². The largest absolute Gasteiger partial charge is 0.493 e. The minimum Gasteiger partial charge on any atom is -0.493 e. The highest BCUT2D eigenvalue weighted by Crippen LogP contribution is 2.29. The van der Waals surface area contributed by atoms with Crippen LogP contribution in [0.25, 0.3) is 6.08 Å². The van der Waals surface area contributed by atoms with E-state index in [0.29, 0.717) is 17.2 Å². The first-order valence-corrected chi connectivity index (χ1v) is 9.91. The van der Waals surface area contributed by atoms with Gasteiger partial charge < -0.3 is 14.8 Å². The van der Waals surface area contributed by atoms with Crippen LogP contribution in [-0.2, 0) is 16.0 Å². The molecule has 0 aliphatic rings. The number of hydrogen-bond donors (Lipinski definition) is 1. The highest BCUT2D eigenvalue weighted by Gasteiger charge is 2.18. The molecule has 0 unspecified atom stereocenters. The molecule has 0 fully saturated rings. The zero-order valence-corrected chi connectivity index (χ0v) is 16.7. The fourth-order valence-corrected chi connectivity index (χ4v) is 3.34. The van der Waals surface area contributed by atoms with Gasteiger partial charge in [0.25, 0.3) is 0 Å². The molecule has 0 bridgehead atoms. The molecular weight excluding hydrogens is 362 g/mol. The molecule has 0 radical (unpaired) electrons. The number of aryl methyl sites for hydroxylation is 1. The Kier molecular flexibility index (Phi) is 8.07. The molecule has 0 atom stereocenters. The number of thiophene rings is 1. The number of carbonyl (C=O) groups is 2. The van der Waals surface area contributed by atoms with Crippen molar-refractivity contribution >= 4 is 34.3 Å². The van der Waals surface area contributed by atoms with Crippen LogP contribution in [0.1, 0.15) is 48.0 Å². The smallest absolute Gasteiger partial charge is 0.341 e. The van der Waals surface area contributed by atoms with Gasteiger partial charge in [-0.25, -0.2) is 4.79 Å². The number of carbonyl (C=O) groups excluding carboxylic acids is 2. The second-order valence-corrected chi connectivity index (χ2v) is 6.88. The predicted molar refractivity (Wildman–Crippen MR) is 110 cm³/mol. The molecule has 0 aliphatic heterocycles. The van der Waals surface area contributed by atoms with Crippen LogP contribution in [0.4, 0.5) is 5.00 Å². The van der Waals surface area contributed by atoms with Gasteiger partial charge in [-0.15, -0.1) is 11.3 Å². The molecule has 2 rings (SSSR count). The zero-order chi connectivity index (χ0) is 19.6. The Hall–Kier alpha value is -2.60. The maximum atomic E-state index is 12.4. The lowest BCUT2D eigenvalue weighted by atomic mass is 10.2. The van der Waals surface area contributed by atoms with E-state index in [1.165, 1.54) is 17.4 Å². The molecule has 0 aliphatic carbocycles. The molecule has 27 heavy (non-hydrogen) atoms. The van der Waals surface area contributed by atoms with Crippen LogP contribution >= 0.6 is 11.3 Å². The van der Waals surface area contributed by atoms with Crippen molar-refractivity contribution in [2.24, 2.45) is 0 Å². The molecule has 0 saturated carbocycles. The van der Waals surface area contributed by atoms with Crippen molar-refractivity contribution in [3.63, 3.8) is 0 Å². The fraction of sp³-hybridized carbons (Fsp3) is 0.333. The van der Waals surface area contributed by atoms with Gasteiger partial charge in [-0.1, -0.05) is 32.0 Å². The van der Waals surface area contributed by atoms with Gasteiger partial charge >= 0.3 is 5.97 Å². The summed E-state index contributed by atoms with van der Waals surface area (Å²) in [6.07, 6.45) is 4.84. The van der Waals surface area contributed by atoms with Crippen LogP contribution in [0.15, 0.2) is 36.4 Å². The number of para-hydroxylation sites is 1. The lowest BCUT2D eigenvalue weighted by Crippen LogP contribution is -2.11. The number of anilines is 1. The summed E-state index contributed by atoms with van der Waals surface area (Å²) in [6, 6.07) is 9.32. The van der Waals surface area contributed by atoms with Crippen LogP contribution in [0.3, 0.4) is 0 Å². The average Bonchev–Trinajstić information content (AvgIpc) is 3.08. The third kappa shape index (κ3) is 5.96. The number of ether oxygens (including phenoxy) is 2. The topological polar surface area (TPSA) is 64.6 Å². The summed E-state index contributed by atoms with van der Waals surface area (Å²) in [5.74, 6) is 0.00129. The molecule has 1 heterocycles. The lowest BCUT2D eigenvalue weighted by Gasteiger charge is -2.07. The molecule has 5 nitrogen and oxygen atoms in total. The zero-order valence-electron chi connectivity index (χ0n) is 15.9. The van der Waals surface area contributed by atoms with Gasteiger partial charge in [0.2, 0.25) is 5.91 Å². The lowest BCUT2D eigenvalue weighted by molar-refractivity contribution is -0.111. The van der Waals surface area contributed by atoms with Gasteiger partial charge in [-0.2, -0.15) is 0 Å². The first kappa shape index (κ1) is 20.7. The molecule has 2 aromatic rings. The maximum Gasteiger partial charge on any atom is 0.341 e. The van der Waals surface area contributed by atoms with E-state index in [0.717, 1.165) is 29.0 Å². The third-order valence-corrected chi connectivity index (χ3v) is 4.85. The maximum absolute atomic E-state index is 12.4. The minimum atomic E-state index is -0.425. The predicted octanol–water partition coefficient (Wildman–Crippen LogP) is 4.93. The van der Waals surface area contributed by atoms with Gasteiger partial charge in [-0.3, -0.25) is 4.79 Å². The molecule has 1 aromatic carbocycles. The molecule has 1 amide bonds. The summed E-state index contributed by atoms with van der Waals surface area (Å²) in [6.45, 7) is 6.70. The highest BCUT2D eigenvalue weighted by atomic mass is 32.1. The molecule has 0 saturated heterocycles. The molecule has 6 heteroatoms. The molecule has 1 N–H and O–H groups in total. The SMILES string of the molecule is CCCOc1ccccc1C=CC(=O)Nc1sc(CC)cc1C(=O)OCC. The second-order valence-electron chi connectivity index (χ2n) is 5.74. The van der Waals surface area contributed by atoms with E-state index in [-0.39, 0.29) is 12.5 Å². The Labute approximate surface area is 164 Å². The van der Waals surface area contributed by atoms with Gasteiger partial charge in [0.1, 0.15) is 10.8 Å². The average molecular weight is 388 g/mol. The Morgan fingerprint density at radius 3 is 2.67 bits per heavy atom. The summed E-state index contributed by atoms with van der Waals surface area (Å²) in [4.78, 5) is 25.5. The molecule has 0 spiro atoms. The van der Waals surface area contributed by atoms with E-state index in [4.69, 9.17) is 9.47 Å². The Balaban J connectivity index is 2.13. The Morgan fingerprint density at radius 1 is 1.19 bits per heavy atom. The van der Waals surface area contributed by atoms with Crippen molar-refractivity contribution < 1.29 is 19.1 Å². The van der Waals surface area contributed by atoms with Crippen LogP contribution in [-0.4, -0.2) is 25.1 Å². The van der Waals surface area contributed by atoms with E-state index >= 15 is 0 Å². The van der Waals surface area contributed by atoms with Crippen molar-refractivity contribution in [2.45, 2.75) is 33.6 Å². The first-order chi connectivity index (χ1) is 13.1. The van der Waals surface area contributed by atoms with Crippen LogP contribution < -0.4 is 10.1 Å². The third-order valence-electron chi connectivity index (χ3n) is 3.66. The van der Waals surface area contributed by atoms with Gasteiger partial charge in [0.15, 0.2) is 0 Å². The monoisotopic (exact) mass is 387 g/mol. The van der Waals surface area contributed by atoms with Gasteiger partial charge in [-0.05, 0) is 38.0 Å². The van der Waals surface area contributed by atoms with E-state index in [1.807, 2.05) is 38.1 Å². The van der Waals surface area contributed by atoms with Crippen molar-refractivity contribution in [2.75, 3.05) is 18.5 Å². The first-order valence-electron chi connectivity index (χ1n) is 9.09. The molecule has 144 valence electrons. The number of nitrogens with one attached hydrogen (secondary N) is 1. The summed E-state index contributed by atoms with van der Waals surface area (Å²) < 4.78 is 10.8. The fourth-order valence-electron chi connectivity index (χ4n) is 2.35. The number of amides is 1.